The highest BCUT2D eigenvalue weighted by atomic mass is 35.5. The number of aromatic nitrogens is 3. The van der Waals surface area contributed by atoms with Crippen LogP contribution in [0.25, 0.3) is 21.3 Å². The van der Waals surface area contributed by atoms with Crippen molar-refractivity contribution in [2.75, 3.05) is 24.7 Å². The molecule has 0 aliphatic carbocycles. The van der Waals surface area contributed by atoms with E-state index in [0.717, 1.165) is 33.7 Å². The van der Waals surface area contributed by atoms with Gasteiger partial charge < -0.3 is 9.64 Å². The number of halogens is 1. The van der Waals surface area contributed by atoms with E-state index in [1.165, 1.54) is 0 Å². The minimum Gasteiger partial charge on any atom is -0.377 e. The fourth-order valence-corrected chi connectivity index (χ4v) is 4.03. The highest BCUT2D eigenvalue weighted by Crippen LogP contribution is 2.38. The Morgan fingerprint density at radius 2 is 2.13 bits per heavy atom. The van der Waals surface area contributed by atoms with E-state index in [0.29, 0.717) is 13.2 Å². The van der Waals surface area contributed by atoms with E-state index in [9.17, 15) is 0 Å². The molecule has 0 unspecified atom stereocenters. The second-order valence-electron chi connectivity index (χ2n) is 5.50. The van der Waals surface area contributed by atoms with Gasteiger partial charge in [-0.1, -0.05) is 0 Å². The zero-order valence-electron chi connectivity index (χ0n) is 12.6. The number of rotatable bonds is 2. The van der Waals surface area contributed by atoms with Crippen molar-refractivity contribution in [1.82, 2.24) is 15.0 Å². The van der Waals surface area contributed by atoms with Crippen LogP contribution in [0.4, 0.5) is 5.82 Å². The summed E-state index contributed by atoms with van der Waals surface area (Å²) in [6.07, 6.45) is 3.57. The second-order valence-corrected chi connectivity index (χ2v) is 6.71. The molecule has 1 atom stereocenters. The van der Waals surface area contributed by atoms with Crippen LogP contribution in [0.3, 0.4) is 0 Å². The fourth-order valence-electron chi connectivity index (χ4n) is 2.85. The van der Waals surface area contributed by atoms with Crippen molar-refractivity contribution >= 4 is 39.0 Å². The van der Waals surface area contributed by atoms with Gasteiger partial charge in [-0.15, -0.1) is 11.3 Å². The van der Waals surface area contributed by atoms with Crippen molar-refractivity contribution < 1.29 is 4.74 Å². The molecule has 1 aliphatic heterocycles. The maximum absolute atomic E-state index is 6.22. The molecule has 7 heteroatoms. The van der Waals surface area contributed by atoms with Gasteiger partial charge in [-0.05, 0) is 36.2 Å². The molecule has 4 rings (SSSR count). The molecule has 0 bridgehead atoms. The summed E-state index contributed by atoms with van der Waals surface area (Å²) in [6, 6.07) is 4.23. The molecule has 4 heterocycles. The van der Waals surface area contributed by atoms with Gasteiger partial charge in [0.2, 0.25) is 5.28 Å². The third-order valence-electron chi connectivity index (χ3n) is 4.00. The van der Waals surface area contributed by atoms with Crippen molar-refractivity contribution in [3.63, 3.8) is 0 Å². The number of anilines is 1. The first-order valence-electron chi connectivity index (χ1n) is 7.43. The van der Waals surface area contributed by atoms with E-state index in [4.69, 9.17) is 16.3 Å². The van der Waals surface area contributed by atoms with Crippen LogP contribution in [0.5, 0.6) is 0 Å². The Morgan fingerprint density at radius 1 is 1.30 bits per heavy atom. The number of morpholine rings is 1. The standard InChI is InChI=1S/C16H15ClN4OS/c1-10-8-22-7-6-21(10)15-14-13(19-16(17)20-15)12(9-23-14)11-2-4-18-5-3-11/h2-5,9-10H,6-8H2,1H3/t10-/m1/s1. The first-order valence-corrected chi connectivity index (χ1v) is 8.69. The molecule has 1 aliphatic rings. The Kier molecular flexibility index (Phi) is 3.88. The third kappa shape index (κ3) is 2.67. The van der Waals surface area contributed by atoms with Crippen molar-refractivity contribution in [1.29, 1.82) is 0 Å². The average Bonchev–Trinajstić information content (AvgIpc) is 2.99. The predicted octanol–water partition coefficient (Wildman–Crippen LogP) is 3.63. The molecule has 0 amide bonds. The molecular weight excluding hydrogens is 332 g/mol. The molecule has 0 aromatic carbocycles. The van der Waals surface area contributed by atoms with Crippen LogP contribution in [-0.2, 0) is 4.74 Å². The maximum Gasteiger partial charge on any atom is 0.224 e. The van der Waals surface area contributed by atoms with E-state index >= 15 is 0 Å². The Labute approximate surface area is 142 Å². The van der Waals surface area contributed by atoms with Crippen LogP contribution in [0.15, 0.2) is 29.9 Å². The highest BCUT2D eigenvalue weighted by Gasteiger charge is 2.24. The SMILES string of the molecule is C[C@@H]1COCCN1c1nc(Cl)nc2c(-c3ccncc3)csc12. The Morgan fingerprint density at radius 3 is 2.91 bits per heavy atom. The number of hydrogen-bond donors (Lipinski definition) is 0. The van der Waals surface area contributed by atoms with E-state index in [1.54, 1.807) is 23.7 Å². The molecule has 0 spiro atoms. The fraction of sp³-hybridized carbons (Fsp3) is 0.312. The van der Waals surface area contributed by atoms with Gasteiger partial charge in [-0.2, -0.15) is 4.98 Å². The normalized spacial score (nSPS) is 18.5. The lowest BCUT2D eigenvalue weighted by molar-refractivity contribution is 0.0987. The number of pyridine rings is 1. The minimum absolute atomic E-state index is 0.268. The van der Waals surface area contributed by atoms with E-state index in [1.807, 2.05) is 12.1 Å². The summed E-state index contributed by atoms with van der Waals surface area (Å²) in [6.45, 7) is 4.35. The zero-order valence-corrected chi connectivity index (χ0v) is 14.1. The summed E-state index contributed by atoms with van der Waals surface area (Å²) >= 11 is 7.87. The molecule has 1 fully saturated rings. The summed E-state index contributed by atoms with van der Waals surface area (Å²) in [5.41, 5.74) is 3.05. The van der Waals surface area contributed by atoms with Gasteiger partial charge in [0.15, 0.2) is 5.82 Å². The molecule has 0 saturated carbocycles. The molecular formula is C16H15ClN4OS. The van der Waals surface area contributed by atoms with Gasteiger partial charge in [-0.3, -0.25) is 4.98 Å². The zero-order chi connectivity index (χ0) is 15.8. The van der Waals surface area contributed by atoms with Gasteiger partial charge in [0.1, 0.15) is 0 Å². The first kappa shape index (κ1) is 14.8. The third-order valence-corrected chi connectivity index (χ3v) is 5.14. The average molecular weight is 347 g/mol. The van der Waals surface area contributed by atoms with Gasteiger partial charge in [0, 0.05) is 29.9 Å². The van der Waals surface area contributed by atoms with Gasteiger partial charge in [0.05, 0.1) is 29.5 Å². The van der Waals surface area contributed by atoms with Crippen LogP contribution < -0.4 is 4.90 Å². The van der Waals surface area contributed by atoms with Crippen LogP contribution >= 0.6 is 22.9 Å². The summed E-state index contributed by atoms with van der Waals surface area (Å²) in [4.78, 5) is 15.3. The quantitative estimate of drug-likeness (QED) is 0.663. The second kappa shape index (κ2) is 6.03. The van der Waals surface area contributed by atoms with Crippen molar-refractivity contribution in [3.8, 4) is 11.1 Å². The molecule has 3 aromatic heterocycles. The molecule has 0 radical (unpaired) electrons. The lowest BCUT2D eigenvalue weighted by Crippen LogP contribution is -2.44. The molecule has 5 nitrogen and oxygen atoms in total. The topological polar surface area (TPSA) is 51.1 Å². The van der Waals surface area contributed by atoms with E-state index in [2.05, 4.69) is 32.2 Å². The van der Waals surface area contributed by atoms with E-state index < -0.39 is 0 Å². The maximum atomic E-state index is 6.22. The summed E-state index contributed by atoms with van der Waals surface area (Å²) in [7, 11) is 0. The van der Waals surface area contributed by atoms with Crippen molar-refractivity contribution in [2.24, 2.45) is 0 Å². The van der Waals surface area contributed by atoms with Crippen LogP contribution in [0.2, 0.25) is 5.28 Å². The van der Waals surface area contributed by atoms with Crippen molar-refractivity contribution in [3.05, 3.63) is 35.2 Å². The summed E-state index contributed by atoms with van der Waals surface area (Å²) < 4.78 is 6.59. The number of thiophene rings is 1. The molecule has 3 aromatic rings. The number of nitrogens with zero attached hydrogens (tertiary/aromatic N) is 4. The predicted molar refractivity (Wildman–Crippen MR) is 93.3 cm³/mol. The van der Waals surface area contributed by atoms with Crippen LogP contribution in [0.1, 0.15) is 6.92 Å². The highest BCUT2D eigenvalue weighted by molar-refractivity contribution is 7.18. The van der Waals surface area contributed by atoms with Gasteiger partial charge >= 0.3 is 0 Å². The monoisotopic (exact) mass is 346 g/mol. The minimum atomic E-state index is 0.268. The summed E-state index contributed by atoms with van der Waals surface area (Å²) in [5, 5.41) is 2.39. The first-order chi connectivity index (χ1) is 11.2. The Hall–Kier alpha value is -1.76. The Balaban J connectivity index is 1.88. The molecule has 23 heavy (non-hydrogen) atoms. The summed E-state index contributed by atoms with van der Waals surface area (Å²) in [5.74, 6) is 0.904. The lowest BCUT2D eigenvalue weighted by atomic mass is 10.1. The lowest BCUT2D eigenvalue weighted by Gasteiger charge is -2.34. The molecule has 1 saturated heterocycles. The van der Waals surface area contributed by atoms with Gasteiger partial charge in [0.25, 0.3) is 0 Å². The number of hydrogen-bond acceptors (Lipinski definition) is 6. The van der Waals surface area contributed by atoms with Gasteiger partial charge in [-0.25, -0.2) is 4.98 Å². The largest absolute Gasteiger partial charge is 0.377 e. The molecule has 118 valence electrons. The van der Waals surface area contributed by atoms with Crippen LogP contribution in [-0.4, -0.2) is 40.8 Å². The molecule has 0 N–H and O–H groups in total. The number of ether oxygens (including phenoxy) is 1. The van der Waals surface area contributed by atoms with Crippen molar-refractivity contribution in [2.45, 2.75) is 13.0 Å². The Bertz CT molecular complexity index is 839. The number of fused-ring (bicyclic) bond motifs is 1. The smallest absolute Gasteiger partial charge is 0.224 e. The van der Waals surface area contributed by atoms with Crippen LogP contribution in [0, 0.1) is 0 Å². The van der Waals surface area contributed by atoms with E-state index in [-0.39, 0.29) is 11.3 Å².